The Kier molecular flexibility index (Phi) is 5.00. The van der Waals surface area contributed by atoms with Gasteiger partial charge in [0.2, 0.25) is 0 Å². The van der Waals surface area contributed by atoms with E-state index in [9.17, 15) is 4.79 Å². The second kappa shape index (κ2) is 7.19. The van der Waals surface area contributed by atoms with Gasteiger partial charge in [-0.15, -0.1) is 0 Å². The van der Waals surface area contributed by atoms with E-state index >= 15 is 0 Å². The molecule has 0 spiro atoms. The topological polar surface area (TPSA) is 44.8 Å². The van der Waals surface area contributed by atoms with Crippen LogP contribution in [0.4, 0.5) is 0 Å². The predicted molar refractivity (Wildman–Crippen MR) is 74.7 cm³/mol. The zero-order valence-corrected chi connectivity index (χ0v) is 11.2. The molecule has 0 aliphatic carbocycles. The van der Waals surface area contributed by atoms with Crippen LogP contribution in [0.1, 0.15) is 5.56 Å². The van der Waals surface area contributed by atoms with Crippen molar-refractivity contribution in [2.45, 2.75) is 6.61 Å². The van der Waals surface area contributed by atoms with E-state index < -0.39 is 5.97 Å². The number of benzene rings is 2. The Hall–Kier alpha value is -2.49. The van der Waals surface area contributed by atoms with Crippen LogP contribution in [0.15, 0.2) is 54.6 Å². The Labute approximate surface area is 117 Å². The average molecular weight is 272 g/mol. The molecule has 0 unspecified atom stereocenters. The lowest BCUT2D eigenvalue weighted by molar-refractivity contribution is -0.147. The SMILES string of the molecule is COc1ccccc1COC(=O)COc1ccccc1. The van der Waals surface area contributed by atoms with E-state index in [2.05, 4.69) is 0 Å². The molecule has 0 saturated carbocycles. The van der Waals surface area contributed by atoms with Gasteiger partial charge in [-0.2, -0.15) is 0 Å². The Morgan fingerprint density at radius 2 is 1.70 bits per heavy atom. The second-order valence-corrected chi connectivity index (χ2v) is 4.07. The fourth-order valence-electron chi connectivity index (χ4n) is 1.68. The summed E-state index contributed by atoms with van der Waals surface area (Å²) in [6.07, 6.45) is 0. The van der Waals surface area contributed by atoms with Crippen molar-refractivity contribution in [3.05, 3.63) is 60.2 Å². The van der Waals surface area contributed by atoms with Crippen LogP contribution in [0.25, 0.3) is 0 Å². The summed E-state index contributed by atoms with van der Waals surface area (Å²) in [7, 11) is 1.58. The van der Waals surface area contributed by atoms with Crippen molar-refractivity contribution in [3.8, 4) is 11.5 Å². The maximum Gasteiger partial charge on any atom is 0.344 e. The van der Waals surface area contributed by atoms with Crippen LogP contribution >= 0.6 is 0 Å². The molecule has 2 aromatic carbocycles. The summed E-state index contributed by atoms with van der Waals surface area (Å²) in [5, 5.41) is 0. The second-order valence-electron chi connectivity index (χ2n) is 4.07. The quantitative estimate of drug-likeness (QED) is 0.758. The zero-order valence-electron chi connectivity index (χ0n) is 11.2. The van der Waals surface area contributed by atoms with Gasteiger partial charge < -0.3 is 14.2 Å². The number of methoxy groups -OCH3 is 1. The van der Waals surface area contributed by atoms with Crippen molar-refractivity contribution in [1.29, 1.82) is 0 Å². The van der Waals surface area contributed by atoms with Gasteiger partial charge in [-0.1, -0.05) is 36.4 Å². The van der Waals surface area contributed by atoms with E-state index in [4.69, 9.17) is 14.2 Å². The average Bonchev–Trinajstić information content (AvgIpc) is 2.52. The highest BCUT2D eigenvalue weighted by Gasteiger charge is 2.07. The summed E-state index contributed by atoms with van der Waals surface area (Å²) in [6, 6.07) is 16.5. The van der Waals surface area contributed by atoms with Gasteiger partial charge in [0.15, 0.2) is 6.61 Å². The number of rotatable bonds is 6. The molecule has 4 nitrogen and oxygen atoms in total. The van der Waals surface area contributed by atoms with Crippen LogP contribution < -0.4 is 9.47 Å². The third-order valence-corrected chi connectivity index (χ3v) is 2.68. The molecule has 0 aliphatic rings. The summed E-state index contributed by atoms with van der Waals surface area (Å²) in [5.74, 6) is 0.922. The first-order valence-electron chi connectivity index (χ1n) is 6.25. The van der Waals surface area contributed by atoms with Gasteiger partial charge in [0, 0.05) is 5.56 Å². The summed E-state index contributed by atoms with van der Waals surface area (Å²) >= 11 is 0. The Morgan fingerprint density at radius 1 is 1.00 bits per heavy atom. The van der Waals surface area contributed by atoms with E-state index in [0.29, 0.717) is 11.5 Å². The fraction of sp³-hybridized carbons (Fsp3) is 0.188. The molecule has 0 amide bonds. The van der Waals surface area contributed by atoms with Crippen molar-refractivity contribution in [2.75, 3.05) is 13.7 Å². The largest absolute Gasteiger partial charge is 0.496 e. The molecule has 0 fully saturated rings. The molecule has 0 atom stereocenters. The van der Waals surface area contributed by atoms with Crippen molar-refractivity contribution in [3.63, 3.8) is 0 Å². The van der Waals surface area contributed by atoms with Crippen LogP contribution in [-0.4, -0.2) is 19.7 Å². The number of para-hydroxylation sites is 2. The van der Waals surface area contributed by atoms with Crippen LogP contribution in [0.5, 0.6) is 11.5 Å². The minimum Gasteiger partial charge on any atom is -0.496 e. The normalized spacial score (nSPS) is 9.85. The predicted octanol–water partition coefficient (Wildman–Crippen LogP) is 2.82. The summed E-state index contributed by atoms with van der Waals surface area (Å²) in [5.41, 5.74) is 0.822. The number of carbonyl (C=O) groups excluding carboxylic acids is 1. The van der Waals surface area contributed by atoms with E-state index in [-0.39, 0.29) is 13.2 Å². The number of ether oxygens (including phenoxy) is 3. The number of carbonyl (C=O) groups is 1. The van der Waals surface area contributed by atoms with Crippen molar-refractivity contribution < 1.29 is 19.0 Å². The van der Waals surface area contributed by atoms with Gasteiger partial charge >= 0.3 is 5.97 Å². The highest BCUT2D eigenvalue weighted by atomic mass is 16.6. The smallest absolute Gasteiger partial charge is 0.344 e. The lowest BCUT2D eigenvalue weighted by Crippen LogP contribution is -2.14. The molecule has 104 valence electrons. The molecule has 0 aliphatic heterocycles. The lowest BCUT2D eigenvalue weighted by Gasteiger charge is -2.09. The molecule has 0 bridgehead atoms. The van der Waals surface area contributed by atoms with E-state index in [0.717, 1.165) is 5.56 Å². The molecular formula is C16H16O4. The number of esters is 1. The molecule has 0 N–H and O–H groups in total. The Morgan fingerprint density at radius 3 is 2.45 bits per heavy atom. The minimum absolute atomic E-state index is 0.112. The van der Waals surface area contributed by atoms with Gasteiger partial charge in [-0.05, 0) is 18.2 Å². The standard InChI is InChI=1S/C16H16O4/c1-18-15-10-6-5-7-13(15)11-20-16(17)12-19-14-8-3-2-4-9-14/h2-10H,11-12H2,1H3. The first-order chi connectivity index (χ1) is 9.79. The lowest BCUT2D eigenvalue weighted by atomic mass is 10.2. The first-order valence-corrected chi connectivity index (χ1v) is 6.25. The minimum atomic E-state index is -0.417. The molecule has 0 heterocycles. The van der Waals surface area contributed by atoms with E-state index in [1.807, 2.05) is 42.5 Å². The summed E-state index contributed by atoms with van der Waals surface area (Å²) in [6.45, 7) is 0.0557. The van der Waals surface area contributed by atoms with Gasteiger partial charge in [0.05, 0.1) is 7.11 Å². The Bertz CT molecular complexity index is 551. The van der Waals surface area contributed by atoms with Gasteiger partial charge in [0.1, 0.15) is 18.1 Å². The zero-order chi connectivity index (χ0) is 14.2. The highest BCUT2D eigenvalue weighted by molar-refractivity contribution is 5.71. The number of hydrogen-bond donors (Lipinski definition) is 0. The van der Waals surface area contributed by atoms with E-state index in [1.165, 1.54) is 0 Å². The molecule has 2 aromatic rings. The number of hydrogen-bond acceptors (Lipinski definition) is 4. The van der Waals surface area contributed by atoms with Crippen LogP contribution in [0.2, 0.25) is 0 Å². The fourth-order valence-corrected chi connectivity index (χ4v) is 1.68. The van der Waals surface area contributed by atoms with Gasteiger partial charge in [0.25, 0.3) is 0 Å². The van der Waals surface area contributed by atoms with Crippen LogP contribution in [-0.2, 0) is 16.1 Å². The Balaban J connectivity index is 1.80. The molecule has 4 heteroatoms. The summed E-state index contributed by atoms with van der Waals surface area (Å²) in [4.78, 5) is 11.6. The van der Waals surface area contributed by atoms with Crippen LogP contribution in [0.3, 0.4) is 0 Å². The molecule has 0 saturated heterocycles. The van der Waals surface area contributed by atoms with Gasteiger partial charge in [-0.3, -0.25) is 0 Å². The van der Waals surface area contributed by atoms with Crippen LogP contribution in [0, 0.1) is 0 Å². The molecular weight excluding hydrogens is 256 g/mol. The molecule has 0 aromatic heterocycles. The summed E-state index contributed by atoms with van der Waals surface area (Å²) < 4.78 is 15.6. The monoisotopic (exact) mass is 272 g/mol. The van der Waals surface area contributed by atoms with Crippen molar-refractivity contribution >= 4 is 5.97 Å². The first kappa shape index (κ1) is 13.9. The van der Waals surface area contributed by atoms with E-state index in [1.54, 1.807) is 19.2 Å². The molecule has 2 rings (SSSR count). The molecule has 0 radical (unpaired) electrons. The maximum atomic E-state index is 11.6. The van der Waals surface area contributed by atoms with Crippen molar-refractivity contribution in [2.24, 2.45) is 0 Å². The maximum absolute atomic E-state index is 11.6. The highest BCUT2D eigenvalue weighted by Crippen LogP contribution is 2.18. The van der Waals surface area contributed by atoms with Gasteiger partial charge in [-0.25, -0.2) is 4.79 Å². The third kappa shape index (κ3) is 4.02. The third-order valence-electron chi connectivity index (χ3n) is 2.68. The van der Waals surface area contributed by atoms with Crippen molar-refractivity contribution in [1.82, 2.24) is 0 Å². The molecule has 20 heavy (non-hydrogen) atoms.